The third-order valence-corrected chi connectivity index (χ3v) is 1.99. The van der Waals surface area contributed by atoms with Crippen LogP contribution in [0.3, 0.4) is 0 Å². The summed E-state index contributed by atoms with van der Waals surface area (Å²) in [5.41, 5.74) is 0.631. The Hall–Kier alpha value is -1.49. The summed E-state index contributed by atoms with van der Waals surface area (Å²) >= 11 is 4.84. The van der Waals surface area contributed by atoms with Crippen molar-refractivity contribution in [2.75, 3.05) is 13.6 Å². The maximum absolute atomic E-state index is 11.5. The molecule has 4 nitrogen and oxygen atoms in total. The van der Waals surface area contributed by atoms with Crippen LogP contribution in [-0.2, 0) is 0 Å². The lowest BCUT2D eigenvalue weighted by Gasteiger charge is -2.05. The number of thiocarbonyl (C=S) groups is 1. The number of Topliss-reactive ketones (excluding diaryl/α,β-unsaturated/α-hetero) is 1. The van der Waals surface area contributed by atoms with Crippen LogP contribution < -0.4 is 10.6 Å². The van der Waals surface area contributed by atoms with E-state index < -0.39 is 0 Å². The average Bonchev–Trinajstić information content (AvgIpc) is 2.26. The van der Waals surface area contributed by atoms with E-state index >= 15 is 0 Å². The van der Waals surface area contributed by atoms with Gasteiger partial charge in [0.1, 0.15) is 0 Å². The summed E-state index contributed by atoms with van der Waals surface area (Å²) in [6, 6.07) is 3.35. The molecule has 1 rings (SSSR count). The normalized spacial score (nSPS) is 9.21. The van der Waals surface area contributed by atoms with Crippen LogP contribution in [0.15, 0.2) is 24.5 Å². The van der Waals surface area contributed by atoms with Crippen molar-refractivity contribution in [1.29, 1.82) is 0 Å². The molecule has 0 aliphatic heterocycles. The van der Waals surface area contributed by atoms with Crippen LogP contribution >= 0.6 is 12.2 Å². The van der Waals surface area contributed by atoms with E-state index in [1.165, 1.54) is 0 Å². The minimum Gasteiger partial charge on any atom is -0.366 e. The van der Waals surface area contributed by atoms with Crippen LogP contribution in [0.1, 0.15) is 10.4 Å². The number of nitrogens with one attached hydrogen (secondary N) is 2. The number of carbonyl (C=O) groups excluding carboxylic acids is 1. The zero-order chi connectivity index (χ0) is 10.4. The minimum absolute atomic E-state index is 0.00926. The summed E-state index contributed by atoms with van der Waals surface area (Å²) < 4.78 is 0. The summed E-state index contributed by atoms with van der Waals surface area (Å²) in [4.78, 5) is 15.3. The predicted octanol–water partition coefficient (Wildman–Crippen LogP) is 0.358. The molecule has 0 aliphatic rings. The molecule has 2 N–H and O–H groups in total. The lowest BCUT2D eigenvalue weighted by atomic mass is 10.2. The zero-order valence-corrected chi connectivity index (χ0v) is 8.60. The number of nitrogens with zero attached hydrogens (tertiary/aromatic N) is 1. The number of rotatable bonds is 3. The molecule has 0 unspecified atom stereocenters. The molecule has 0 spiro atoms. The van der Waals surface area contributed by atoms with Crippen molar-refractivity contribution in [3.8, 4) is 0 Å². The Morgan fingerprint density at radius 2 is 2.14 bits per heavy atom. The first-order valence-electron chi connectivity index (χ1n) is 4.13. The maximum atomic E-state index is 11.5. The van der Waals surface area contributed by atoms with E-state index in [1.54, 1.807) is 31.6 Å². The Kier molecular flexibility index (Phi) is 4.00. The molecule has 0 aliphatic carbocycles. The van der Waals surface area contributed by atoms with Crippen LogP contribution in [0.5, 0.6) is 0 Å². The highest BCUT2D eigenvalue weighted by molar-refractivity contribution is 7.80. The molecule has 0 atom stereocenters. The summed E-state index contributed by atoms with van der Waals surface area (Å²) in [5.74, 6) is -0.00926. The number of hydrogen-bond acceptors (Lipinski definition) is 3. The fraction of sp³-hybridized carbons (Fsp3) is 0.222. The van der Waals surface area contributed by atoms with Crippen LogP contribution in [0.2, 0.25) is 0 Å². The first kappa shape index (κ1) is 10.6. The van der Waals surface area contributed by atoms with Gasteiger partial charge in [-0.3, -0.25) is 9.78 Å². The fourth-order valence-electron chi connectivity index (χ4n) is 0.889. The Morgan fingerprint density at radius 1 is 1.50 bits per heavy atom. The topological polar surface area (TPSA) is 54.0 Å². The Morgan fingerprint density at radius 3 is 2.71 bits per heavy atom. The number of ketones is 1. The van der Waals surface area contributed by atoms with Crippen LogP contribution in [0.25, 0.3) is 0 Å². The highest BCUT2D eigenvalue weighted by atomic mass is 32.1. The van der Waals surface area contributed by atoms with Gasteiger partial charge in [0.15, 0.2) is 10.9 Å². The summed E-state index contributed by atoms with van der Waals surface area (Å²) in [7, 11) is 1.70. The van der Waals surface area contributed by atoms with Crippen LogP contribution in [-0.4, -0.2) is 29.5 Å². The number of aromatic nitrogens is 1. The molecule has 0 aromatic carbocycles. The Labute approximate surface area is 87.7 Å². The largest absolute Gasteiger partial charge is 0.366 e. The average molecular weight is 209 g/mol. The molecule has 0 bridgehead atoms. The van der Waals surface area contributed by atoms with Crippen molar-refractivity contribution in [3.05, 3.63) is 30.1 Å². The second kappa shape index (κ2) is 5.29. The summed E-state index contributed by atoms with van der Waals surface area (Å²) in [5, 5.41) is 5.97. The van der Waals surface area contributed by atoms with Gasteiger partial charge in [-0.25, -0.2) is 0 Å². The molecule has 0 amide bonds. The monoisotopic (exact) mass is 209 g/mol. The van der Waals surface area contributed by atoms with Gasteiger partial charge in [-0.1, -0.05) is 0 Å². The quantitative estimate of drug-likeness (QED) is 0.556. The van der Waals surface area contributed by atoms with Crippen molar-refractivity contribution >= 4 is 23.1 Å². The van der Waals surface area contributed by atoms with E-state index in [0.29, 0.717) is 10.7 Å². The van der Waals surface area contributed by atoms with Gasteiger partial charge in [0.25, 0.3) is 0 Å². The van der Waals surface area contributed by atoms with Gasteiger partial charge in [0, 0.05) is 25.0 Å². The van der Waals surface area contributed by atoms with Gasteiger partial charge >= 0.3 is 0 Å². The van der Waals surface area contributed by atoms with E-state index in [4.69, 9.17) is 12.2 Å². The van der Waals surface area contributed by atoms with E-state index in [-0.39, 0.29) is 12.3 Å². The molecule has 0 saturated heterocycles. The zero-order valence-electron chi connectivity index (χ0n) is 7.78. The smallest absolute Gasteiger partial charge is 0.182 e. The molecule has 5 heteroatoms. The second-order valence-corrected chi connectivity index (χ2v) is 3.00. The lowest BCUT2D eigenvalue weighted by molar-refractivity contribution is 0.0996. The number of pyridine rings is 1. The number of hydrogen-bond donors (Lipinski definition) is 2. The molecule has 0 radical (unpaired) electrons. The van der Waals surface area contributed by atoms with Gasteiger partial charge in [-0.05, 0) is 24.4 Å². The standard InChI is InChI=1S/C9H11N3OS/c1-10-9(14)12-6-8(13)7-2-4-11-5-3-7/h2-5H,6H2,1H3,(H2,10,12,14). The third kappa shape index (κ3) is 3.10. The summed E-state index contributed by atoms with van der Waals surface area (Å²) in [6.45, 7) is 0.198. The maximum Gasteiger partial charge on any atom is 0.182 e. The van der Waals surface area contributed by atoms with E-state index in [0.717, 1.165) is 0 Å². The van der Waals surface area contributed by atoms with E-state index in [2.05, 4.69) is 15.6 Å². The predicted molar refractivity (Wildman–Crippen MR) is 58.2 cm³/mol. The molecule has 0 saturated carbocycles. The van der Waals surface area contributed by atoms with Crippen molar-refractivity contribution in [1.82, 2.24) is 15.6 Å². The molecular formula is C9H11N3OS. The van der Waals surface area contributed by atoms with Gasteiger partial charge < -0.3 is 10.6 Å². The van der Waals surface area contributed by atoms with Crippen molar-refractivity contribution in [2.45, 2.75) is 0 Å². The Balaban J connectivity index is 2.48. The molecule has 1 aromatic heterocycles. The van der Waals surface area contributed by atoms with Gasteiger partial charge in [0.05, 0.1) is 6.54 Å². The minimum atomic E-state index is -0.00926. The molecule has 0 fully saturated rings. The van der Waals surface area contributed by atoms with Crippen LogP contribution in [0.4, 0.5) is 0 Å². The number of carbonyl (C=O) groups is 1. The highest BCUT2D eigenvalue weighted by Gasteiger charge is 2.04. The molecule has 1 aromatic rings. The van der Waals surface area contributed by atoms with Gasteiger partial charge in [-0.2, -0.15) is 0 Å². The second-order valence-electron chi connectivity index (χ2n) is 2.59. The van der Waals surface area contributed by atoms with Crippen molar-refractivity contribution in [3.63, 3.8) is 0 Å². The molecular weight excluding hydrogens is 198 g/mol. The van der Waals surface area contributed by atoms with Gasteiger partial charge in [-0.15, -0.1) is 0 Å². The lowest BCUT2D eigenvalue weighted by Crippen LogP contribution is -2.36. The molecule has 74 valence electrons. The fourth-order valence-corrected chi connectivity index (χ4v) is 0.961. The molecule has 1 heterocycles. The van der Waals surface area contributed by atoms with E-state index in [9.17, 15) is 4.79 Å². The highest BCUT2D eigenvalue weighted by Crippen LogP contribution is 1.96. The molecule has 14 heavy (non-hydrogen) atoms. The van der Waals surface area contributed by atoms with Crippen molar-refractivity contribution < 1.29 is 4.79 Å². The Bertz CT molecular complexity index is 326. The SMILES string of the molecule is CNC(=S)NCC(=O)c1ccncc1. The van der Waals surface area contributed by atoms with E-state index in [1.807, 2.05) is 0 Å². The van der Waals surface area contributed by atoms with Crippen LogP contribution in [0, 0.1) is 0 Å². The van der Waals surface area contributed by atoms with Crippen molar-refractivity contribution in [2.24, 2.45) is 0 Å². The first-order chi connectivity index (χ1) is 6.74. The first-order valence-corrected chi connectivity index (χ1v) is 4.53. The third-order valence-electron chi connectivity index (χ3n) is 1.64. The van der Waals surface area contributed by atoms with Gasteiger partial charge in [0.2, 0.25) is 0 Å². The summed E-state index contributed by atoms with van der Waals surface area (Å²) in [6.07, 6.45) is 3.17.